The summed E-state index contributed by atoms with van der Waals surface area (Å²) in [5.74, 6) is 0.764. The Labute approximate surface area is 105 Å². The second-order valence-electron chi connectivity index (χ2n) is 5.49. The average molecular weight is 244 g/mol. The van der Waals surface area contributed by atoms with E-state index in [4.69, 9.17) is 10.7 Å². The molecule has 1 aromatic heterocycles. The van der Waals surface area contributed by atoms with Gasteiger partial charge >= 0.3 is 0 Å². The summed E-state index contributed by atoms with van der Waals surface area (Å²) in [6.07, 6.45) is 5.17. The van der Waals surface area contributed by atoms with Crippen LogP contribution in [0.2, 0.25) is 0 Å². The number of hydrogen-bond acceptors (Lipinski definition) is 3. The van der Waals surface area contributed by atoms with E-state index in [1.807, 2.05) is 11.3 Å². The Hall–Kier alpha value is -0.930. The van der Waals surface area contributed by atoms with Crippen molar-refractivity contribution in [3.63, 3.8) is 0 Å². The number of hydrogen-bond donors (Lipinski definition) is 1. The number of benzene rings is 1. The van der Waals surface area contributed by atoms with E-state index in [0.29, 0.717) is 5.41 Å². The van der Waals surface area contributed by atoms with Crippen molar-refractivity contribution in [2.24, 2.45) is 5.73 Å². The highest BCUT2D eigenvalue weighted by Crippen LogP contribution is 2.49. The zero-order chi connectivity index (χ0) is 11.5. The summed E-state index contributed by atoms with van der Waals surface area (Å²) in [5.41, 5.74) is 8.80. The maximum absolute atomic E-state index is 5.90. The van der Waals surface area contributed by atoms with Gasteiger partial charge in [-0.3, -0.25) is 0 Å². The summed E-state index contributed by atoms with van der Waals surface area (Å²) in [6, 6.07) is 6.75. The highest BCUT2D eigenvalue weighted by atomic mass is 32.1. The molecule has 2 fully saturated rings. The Morgan fingerprint density at radius 3 is 2.82 bits per heavy atom. The van der Waals surface area contributed by atoms with Crippen LogP contribution in [0.15, 0.2) is 18.2 Å². The Morgan fingerprint density at radius 2 is 2.18 bits per heavy atom. The summed E-state index contributed by atoms with van der Waals surface area (Å²) in [5, 5.41) is 1.34. The number of nitrogens with two attached hydrogens (primary N) is 1. The van der Waals surface area contributed by atoms with E-state index in [2.05, 4.69) is 18.2 Å². The molecule has 17 heavy (non-hydrogen) atoms. The van der Waals surface area contributed by atoms with Crippen molar-refractivity contribution in [3.05, 3.63) is 28.8 Å². The summed E-state index contributed by atoms with van der Waals surface area (Å²) < 4.78 is 1.35. The average Bonchev–Trinajstić information content (AvgIpc) is 3.25. The van der Waals surface area contributed by atoms with Crippen LogP contribution in [0.5, 0.6) is 0 Å². The lowest BCUT2D eigenvalue weighted by Gasteiger charge is -2.11. The molecule has 2 saturated carbocycles. The van der Waals surface area contributed by atoms with E-state index in [9.17, 15) is 0 Å². The fourth-order valence-corrected chi connectivity index (χ4v) is 3.71. The molecule has 3 heteroatoms. The van der Waals surface area contributed by atoms with Crippen LogP contribution in [0.4, 0.5) is 0 Å². The van der Waals surface area contributed by atoms with Crippen molar-refractivity contribution in [1.82, 2.24) is 4.98 Å². The lowest BCUT2D eigenvalue weighted by molar-refractivity contribution is 0.706. The molecular weight excluding hydrogens is 228 g/mol. The molecule has 2 aliphatic rings. The first kappa shape index (κ1) is 10.0. The maximum atomic E-state index is 5.90. The van der Waals surface area contributed by atoms with Gasteiger partial charge in [-0.1, -0.05) is 6.07 Å². The first-order valence-corrected chi connectivity index (χ1v) is 7.23. The van der Waals surface area contributed by atoms with Gasteiger partial charge in [-0.05, 0) is 43.4 Å². The minimum absolute atomic E-state index is 0.303. The van der Waals surface area contributed by atoms with Crippen molar-refractivity contribution in [2.45, 2.75) is 37.0 Å². The van der Waals surface area contributed by atoms with Crippen LogP contribution in [0.3, 0.4) is 0 Å². The van der Waals surface area contributed by atoms with Crippen LogP contribution in [0.25, 0.3) is 10.2 Å². The maximum Gasteiger partial charge on any atom is 0.0969 e. The smallest absolute Gasteiger partial charge is 0.0969 e. The second kappa shape index (κ2) is 3.30. The van der Waals surface area contributed by atoms with Gasteiger partial charge in [0.05, 0.1) is 15.2 Å². The number of fused-ring (bicyclic) bond motifs is 1. The molecule has 0 spiro atoms. The lowest BCUT2D eigenvalue weighted by atomic mass is 9.96. The molecule has 4 rings (SSSR count). The third-order valence-corrected chi connectivity index (χ3v) is 5.37. The van der Waals surface area contributed by atoms with Gasteiger partial charge in [0.15, 0.2) is 0 Å². The Kier molecular flexibility index (Phi) is 1.95. The zero-order valence-corrected chi connectivity index (χ0v) is 10.6. The largest absolute Gasteiger partial charge is 0.330 e. The molecule has 0 atom stereocenters. The van der Waals surface area contributed by atoms with Crippen LogP contribution in [-0.2, 0) is 5.41 Å². The van der Waals surface area contributed by atoms with E-state index < -0.39 is 0 Å². The number of aromatic nitrogens is 1. The van der Waals surface area contributed by atoms with Gasteiger partial charge in [-0.2, -0.15) is 0 Å². The van der Waals surface area contributed by atoms with Gasteiger partial charge in [-0.15, -0.1) is 11.3 Å². The zero-order valence-electron chi connectivity index (χ0n) is 9.78. The van der Waals surface area contributed by atoms with Crippen LogP contribution in [-0.4, -0.2) is 11.5 Å². The van der Waals surface area contributed by atoms with E-state index in [0.717, 1.165) is 12.5 Å². The quantitative estimate of drug-likeness (QED) is 0.900. The Balaban J connectivity index is 1.80. The summed E-state index contributed by atoms with van der Waals surface area (Å²) in [7, 11) is 0. The molecule has 0 aliphatic heterocycles. The molecule has 1 aromatic carbocycles. The first-order valence-electron chi connectivity index (χ1n) is 6.42. The highest BCUT2D eigenvalue weighted by molar-refractivity contribution is 7.18. The molecule has 2 aliphatic carbocycles. The molecule has 0 amide bonds. The van der Waals surface area contributed by atoms with Crippen LogP contribution >= 0.6 is 11.3 Å². The SMILES string of the molecule is NCC1(c2ccc3nc(C4CC4)sc3c2)CC1. The number of thiazole rings is 1. The molecule has 0 bridgehead atoms. The topological polar surface area (TPSA) is 38.9 Å². The normalized spacial score (nSPS) is 21.9. The van der Waals surface area contributed by atoms with Crippen molar-refractivity contribution in [2.75, 3.05) is 6.54 Å². The molecule has 88 valence electrons. The molecule has 0 saturated heterocycles. The van der Waals surface area contributed by atoms with Crippen LogP contribution < -0.4 is 5.73 Å². The fraction of sp³-hybridized carbons (Fsp3) is 0.500. The van der Waals surface area contributed by atoms with Crippen LogP contribution in [0.1, 0.15) is 42.2 Å². The molecule has 0 unspecified atom stereocenters. The van der Waals surface area contributed by atoms with Gasteiger partial charge in [0, 0.05) is 17.9 Å². The van der Waals surface area contributed by atoms with Crippen LogP contribution in [0, 0.1) is 0 Å². The van der Waals surface area contributed by atoms with E-state index in [1.54, 1.807) is 0 Å². The monoisotopic (exact) mass is 244 g/mol. The highest BCUT2D eigenvalue weighted by Gasteiger charge is 2.42. The van der Waals surface area contributed by atoms with Gasteiger partial charge in [0.2, 0.25) is 0 Å². The van der Waals surface area contributed by atoms with Gasteiger partial charge in [0.1, 0.15) is 0 Å². The Bertz CT molecular complexity index is 579. The van der Waals surface area contributed by atoms with E-state index in [-0.39, 0.29) is 0 Å². The van der Waals surface area contributed by atoms with Crippen molar-refractivity contribution >= 4 is 21.6 Å². The predicted molar refractivity (Wildman–Crippen MR) is 71.6 cm³/mol. The van der Waals surface area contributed by atoms with Gasteiger partial charge in [0.25, 0.3) is 0 Å². The molecule has 2 nitrogen and oxygen atoms in total. The standard InChI is InChI=1S/C14H16N2S/c15-8-14(5-6-14)10-3-4-11-12(7-10)17-13(16-11)9-1-2-9/h3-4,7,9H,1-2,5-6,8,15H2. The third-order valence-electron chi connectivity index (χ3n) is 4.19. The first-order chi connectivity index (χ1) is 8.31. The predicted octanol–water partition coefficient (Wildman–Crippen LogP) is 3.16. The van der Waals surface area contributed by atoms with Crippen molar-refractivity contribution < 1.29 is 0 Å². The number of rotatable bonds is 3. The van der Waals surface area contributed by atoms with E-state index in [1.165, 1.54) is 46.5 Å². The molecule has 2 aromatic rings. The van der Waals surface area contributed by atoms with Gasteiger partial charge in [-0.25, -0.2) is 4.98 Å². The minimum Gasteiger partial charge on any atom is -0.330 e. The molecule has 1 heterocycles. The second-order valence-corrected chi connectivity index (χ2v) is 6.56. The summed E-state index contributed by atoms with van der Waals surface area (Å²) >= 11 is 1.88. The summed E-state index contributed by atoms with van der Waals surface area (Å²) in [4.78, 5) is 4.73. The minimum atomic E-state index is 0.303. The summed E-state index contributed by atoms with van der Waals surface area (Å²) in [6.45, 7) is 0.785. The molecule has 0 radical (unpaired) electrons. The van der Waals surface area contributed by atoms with E-state index >= 15 is 0 Å². The fourth-order valence-electron chi connectivity index (χ4n) is 2.54. The van der Waals surface area contributed by atoms with Crippen molar-refractivity contribution in [1.29, 1.82) is 0 Å². The van der Waals surface area contributed by atoms with Gasteiger partial charge < -0.3 is 5.73 Å². The third kappa shape index (κ3) is 1.53. The molecular formula is C14H16N2S. The Morgan fingerprint density at radius 1 is 1.35 bits per heavy atom. The number of nitrogens with zero attached hydrogens (tertiary/aromatic N) is 1. The lowest BCUT2D eigenvalue weighted by Crippen LogP contribution is -2.19. The van der Waals surface area contributed by atoms with Crippen molar-refractivity contribution in [3.8, 4) is 0 Å². The molecule has 2 N–H and O–H groups in total.